The number of rotatable bonds is 7. The molecule has 4 fully saturated rings. The number of hydrogen-bond acceptors (Lipinski definition) is 6. The first kappa shape index (κ1) is 36.1. The molecule has 264 valence electrons. The van der Waals surface area contributed by atoms with E-state index in [1.807, 2.05) is 20.8 Å². The Kier molecular flexibility index (Phi) is 9.22. The van der Waals surface area contributed by atoms with Gasteiger partial charge in [-0.2, -0.15) is 0 Å². The quantitative estimate of drug-likeness (QED) is 0.218. The second kappa shape index (κ2) is 12.0. The minimum atomic E-state index is -0.707. The fraction of sp³-hybridized carbons (Fsp3) is 0.850. The molecule has 5 rings (SSSR count). The van der Waals surface area contributed by atoms with Gasteiger partial charge in [0.25, 0.3) is 0 Å². The van der Waals surface area contributed by atoms with Crippen molar-refractivity contribution in [1.29, 1.82) is 0 Å². The van der Waals surface area contributed by atoms with Crippen LogP contribution in [0.1, 0.15) is 147 Å². The lowest BCUT2D eigenvalue weighted by Gasteiger charge is -2.72. The molecular weight excluding hydrogens is 590 g/mol. The Morgan fingerprint density at radius 3 is 2.19 bits per heavy atom. The summed E-state index contributed by atoms with van der Waals surface area (Å²) in [6, 6.07) is 0. The van der Waals surface area contributed by atoms with Gasteiger partial charge < -0.3 is 14.8 Å². The number of Topliss-reactive ketones (excluding diaryl/α,β-unsaturated/α-hetero) is 2. The third-order valence-electron chi connectivity index (χ3n) is 14.5. The van der Waals surface area contributed by atoms with Gasteiger partial charge in [0.1, 0.15) is 17.5 Å². The molecule has 0 aromatic rings. The van der Waals surface area contributed by atoms with Crippen molar-refractivity contribution in [2.45, 2.75) is 158 Å². The average Bonchev–Trinajstić information content (AvgIpc) is 3.25. The number of nitrogens with one attached hydrogen (secondary N) is 1. The maximum Gasteiger partial charge on any atom is 0.407 e. The van der Waals surface area contributed by atoms with Gasteiger partial charge in [-0.3, -0.25) is 14.4 Å². The predicted molar refractivity (Wildman–Crippen MR) is 183 cm³/mol. The highest BCUT2D eigenvalue weighted by atomic mass is 16.6. The summed E-state index contributed by atoms with van der Waals surface area (Å²) in [5.41, 5.74) is 0.982. The third-order valence-corrected chi connectivity index (χ3v) is 14.5. The topological polar surface area (TPSA) is 98.8 Å². The van der Waals surface area contributed by atoms with E-state index in [1.165, 1.54) is 12.5 Å². The summed E-state index contributed by atoms with van der Waals surface area (Å²) in [5, 5.41) is 2.81. The van der Waals surface area contributed by atoms with Crippen molar-refractivity contribution < 1.29 is 28.7 Å². The number of esters is 1. The summed E-state index contributed by atoms with van der Waals surface area (Å²) in [4.78, 5) is 52.5. The Hall–Kier alpha value is -2.18. The first-order valence-electron chi connectivity index (χ1n) is 18.6. The van der Waals surface area contributed by atoms with Crippen LogP contribution in [0.5, 0.6) is 0 Å². The lowest BCUT2D eigenvalue weighted by molar-refractivity contribution is -0.232. The van der Waals surface area contributed by atoms with E-state index >= 15 is 0 Å². The lowest BCUT2D eigenvalue weighted by Crippen LogP contribution is -2.66. The Balaban J connectivity index is 1.42. The number of carbonyl (C=O) groups excluding carboxylic acids is 4. The molecule has 1 N–H and O–H groups in total. The standard InChI is InChI=1S/C40H63NO6/c1-24(2)32-27(43)23-40(30(44)13-12-22-41-34(45)47-35(4,5)6)21-20-38(10)26(33(32)40)14-15-29-37(9)18-17-31(46-25(3)42)36(7,8)28(37)16-19-39(29,38)11/h24,26,28-29,31H,12-23H2,1-11H3,(H,41,45)/t26-,28+,29-,31+,37+,38-,39-,40+/m1/s1. The summed E-state index contributed by atoms with van der Waals surface area (Å²) >= 11 is 0. The summed E-state index contributed by atoms with van der Waals surface area (Å²) in [6.07, 6.45) is 8.69. The van der Waals surface area contributed by atoms with Crippen LogP contribution in [0.4, 0.5) is 4.79 Å². The van der Waals surface area contributed by atoms with Gasteiger partial charge in [0, 0.05) is 31.7 Å². The fourth-order valence-electron chi connectivity index (χ4n) is 12.3. The Morgan fingerprint density at radius 1 is 0.894 bits per heavy atom. The van der Waals surface area contributed by atoms with Crippen molar-refractivity contribution in [3.63, 3.8) is 0 Å². The van der Waals surface area contributed by atoms with E-state index in [2.05, 4.69) is 53.8 Å². The molecule has 47 heavy (non-hydrogen) atoms. The minimum Gasteiger partial charge on any atom is -0.462 e. The first-order chi connectivity index (χ1) is 21.6. The van der Waals surface area contributed by atoms with Crippen LogP contribution in [0.25, 0.3) is 0 Å². The van der Waals surface area contributed by atoms with Crippen LogP contribution in [0.2, 0.25) is 0 Å². The van der Waals surface area contributed by atoms with Gasteiger partial charge in [-0.05, 0) is 130 Å². The minimum absolute atomic E-state index is 0.0110. The van der Waals surface area contributed by atoms with Crippen molar-refractivity contribution in [3.8, 4) is 0 Å². The van der Waals surface area contributed by atoms with E-state index in [0.29, 0.717) is 37.6 Å². The number of hydrogen-bond donors (Lipinski definition) is 1. The molecular formula is C40H63NO6. The van der Waals surface area contributed by atoms with Crippen LogP contribution in [0.3, 0.4) is 0 Å². The summed E-state index contributed by atoms with van der Waals surface area (Å²) in [5.74, 6) is 1.49. The average molecular weight is 654 g/mol. The SMILES string of the molecule is CC(=O)O[C@H]1CC[C@]2(C)[C@H]3CC[C@@H]4C5=C(C(C)C)C(=O)C[C@]5(C(=O)CCCNC(=O)OC(C)(C)C)CC[C@@]4(C)[C@]3(C)CC[C@H]2C1(C)C. The van der Waals surface area contributed by atoms with E-state index in [1.54, 1.807) is 0 Å². The zero-order chi connectivity index (χ0) is 35.0. The number of carbonyl (C=O) groups is 4. The molecule has 4 saturated carbocycles. The monoisotopic (exact) mass is 653 g/mol. The van der Waals surface area contributed by atoms with E-state index in [0.717, 1.165) is 56.9 Å². The molecule has 5 aliphatic rings. The van der Waals surface area contributed by atoms with Gasteiger partial charge in [-0.1, -0.05) is 48.5 Å². The third kappa shape index (κ3) is 5.71. The van der Waals surface area contributed by atoms with Gasteiger partial charge in [-0.15, -0.1) is 0 Å². The molecule has 0 unspecified atom stereocenters. The molecule has 0 heterocycles. The van der Waals surface area contributed by atoms with Crippen LogP contribution in [-0.2, 0) is 23.9 Å². The van der Waals surface area contributed by atoms with Gasteiger partial charge in [-0.25, -0.2) is 4.79 Å². The molecule has 0 aliphatic heterocycles. The van der Waals surface area contributed by atoms with Crippen molar-refractivity contribution in [1.82, 2.24) is 5.32 Å². The largest absolute Gasteiger partial charge is 0.462 e. The van der Waals surface area contributed by atoms with E-state index in [9.17, 15) is 19.2 Å². The highest BCUT2D eigenvalue weighted by Crippen LogP contribution is 2.76. The zero-order valence-corrected chi connectivity index (χ0v) is 31.3. The summed E-state index contributed by atoms with van der Waals surface area (Å²) in [6.45, 7) is 23.9. The Labute approximate surface area is 284 Å². The molecule has 0 aromatic carbocycles. The number of amides is 1. The second-order valence-electron chi connectivity index (χ2n) is 18.7. The van der Waals surface area contributed by atoms with Crippen LogP contribution in [0.15, 0.2) is 11.1 Å². The van der Waals surface area contributed by atoms with Crippen molar-refractivity contribution in [2.75, 3.05) is 6.54 Å². The normalized spacial score (nSPS) is 39.4. The first-order valence-corrected chi connectivity index (χ1v) is 18.6. The smallest absolute Gasteiger partial charge is 0.407 e. The molecule has 7 heteroatoms. The zero-order valence-electron chi connectivity index (χ0n) is 31.3. The second-order valence-corrected chi connectivity index (χ2v) is 18.7. The van der Waals surface area contributed by atoms with Gasteiger partial charge in [0.15, 0.2) is 5.78 Å². The van der Waals surface area contributed by atoms with Crippen molar-refractivity contribution in [2.24, 2.45) is 50.7 Å². The van der Waals surface area contributed by atoms with Crippen molar-refractivity contribution >= 4 is 23.6 Å². The number of allylic oxidation sites excluding steroid dienone is 2. The highest BCUT2D eigenvalue weighted by molar-refractivity contribution is 6.07. The summed E-state index contributed by atoms with van der Waals surface area (Å²) in [7, 11) is 0. The number of alkyl carbamates (subject to hydrolysis) is 1. The molecule has 5 aliphatic carbocycles. The summed E-state index contributed by atoms with van der Waals surface area (Å²) < 4.78 is 11.3. The van der Waals surface area contributed by atoms with Gasteiger partial charge >= 0.3 is 12.1 Å². The molecule has 0 aromatic heterocycles. The fourth-order valence-corrected chi connectivity index (χ4v) is 12.3. The molecule has 0 radical (unpaired) electrons. The van der Waals surface area contributed by atoms with Crippen molar-refractivity contribution in [3.05, 3.63) is 11.1 Å². The molecule has 7 nitrogen and oxygen atoms in total. The van der Waals surface area contributed by atoms with Gasteiger partial charge in [0.05, 0.1) is 5.41 Å². The molecule has 1 amide bonds. The molecule has 0 bridgehead atoms. The lowest BCUT2D eigenvalue weighted by atomic mass is 9.33. The molecule has 8 atom stereocenters. The number of fused-ring (bicyclic) bond motifs is 7. The molecule has 0 saturated heterocycles. The highest BCUT2D eigenvalue weighted by Gasteiger charge is 2.70. The maximum atomic E-state index is 14.4. The van der Waals surface area contributed by atoms with Crippen LogP contribution in [0, 0.1) is 50.7 Å². The number of ketones is 2. The van der Waals surface area contributed by atoms with E-state index in [-0.39, 0.29) is 57.1 Å². The number of ether oxygens (including phenoxy) is 2. The molecule has 0 spiro atoms. The van der Waals surface area contributed by atoms with Gasteiger partial charge in [0.2, 0.25) is 0 Å². The Morgan fingerprint density at radius 2 is 1.57 bits per heavy atom. The van der Waals surface area contributed by atoms with Crippen LogP contribution < -0.4 is 5.32 Å². The predicted octanol–water partition coefficient (Wildman–Crippen LogP) is 8.77. The van der Waals surface area contributed by atoms with Crippen LogP contribution >= 0.6 is 0 Å². The Bertz CT molecular complexity index is 1340. The van der Waals surface area contributed by atoms with E-state index < -0.39 is 17.1 Å². The van der Waals surface area contributed by atoms with E-state index in [4.69, 9.17) is 9.47 Å². The van der Waals surface area contributed by atoms with Crippen LogP contribution in [-0.4, -0.2) is 41.9 Å². The maximum absolute atomic E-state index is 14.4.